The zero-order valence-electron chi connectivity index (χ0n) is 14.0. The largest absolute Gasteiger partial charge is 0.325 e. The number of nitrogens with one attached hydrogen (secondary N) is 1. The molecule has 120 valence electrons. The molecule has 0 heterocycles. The van der Waals surface area contributed by atoms with Crippen LogP contribution < -0.4 is 10.2 Å². The smallest absolute Gasteiger partial charge is 0.244 e. The highest BCUT2D eigenvalue weighted by Crippen LogP contribution is 2.19. The molecule has 4 nitrogen and oxygen atoms in total. The van der Waals surface area contributed by atoms with Crippen LogP contribution in [-0.2, 0) is 9.59 Å². The lowest BCUT2D eigenvalue weighted by molar-refractivity contribution is -0.120. The van der Waals surface area contributed by atoms with Crippen LogP contribution in [0.1, 0.15) is 23.6 Å². The molecule has 0 radical (unpaired) electrons. The lowest BCUT2D eigenvalue weighted by atomic mass is 10.1. The normalized spacial score (nSPS) is 10.3. The van der Waals surface area contributed by atoms with Gasteiger partial charge in [0, 0.05) is 18.3 Å². The number of hydrogen-bond acceptors (Lipinski definition) is 2. The fourth-order valence-electron chi connectivity index (χ4n) is 2.26. The lowest BCUT2D eigenvalue weighted by Crippen LogP contribution is -2.36. The molecule has 0 saturated heterocycles. The number of hydrogen-bond donors (Lipinski definition) is 1. The van der Waals surface area contributed by atoms with Crippen molar-refractivity contribution in [3.8, 4) is 0 Å². The summed E-state index contributed by atoms with van der Waals surface area (Å²) in [5, 5.41) is 2.82. The van der Waals surface area contributed by atoms with Crippen LogP contribution in [0.25, 0.3) is 0 Å². The molecule has 0 saturated carbocycles. The van der Waals surface area contributed by atoms with Gasteiger partial charge in [-0.2, -0.15) is 0 Å². The third-order valence-electron chi connectivity index (χ3n) is 3.82. The third kappa shape index (κ3) is 4.42. The molecule has 4 heteroatoms. The maximum absolute atomic E-state index is 12.2. The summed E-state index contributed by atoms with van der Waals surface area (Å²) < 4.78 is 0. The van der Waals surface area contributed by atoms with Crippen LogP contribution in [0.4, 0.5) is 11.4 Å². The molecule has 1 N–H and O–H groups in total. The number of amides is 2. The number of rotatable bonds is 4. The van der Waals surface area contributed by atoms with Gasteiger partial charge < -0.3 is 10.2 Å². The van der Waals surface area contributed by atoms with Crippen LogP contribution in [0, 0.1) is 20.8 Å². The molecule has 2 aromatic rings. The van der Waals surface area contributed by atoms with Crippen molar-refractivity contribution in [1.82, 2.24) is 0 Å². The fraction of sp³-hybridized carbons (Fsp3) is 0.263. The van der Waals surface area contributed by atoms with E-state index in [2.05, 4.69) is 5.32 Å². The number of carbonyl (C=O) groups excluding carboxylic acids is 2. The lowest BCUT2D eigenvalue weighted by Gasteiger charge is -2.21. The van der Waals surface area contributed by atoms with Gasteiger partial charge in [-0.1, -0.05) is 23.8 Å². The summed E-state index contributed by atoms with van der Waals surface area (Å²) in [7, 11) is 0. The molecule has 0 aliphatic carbocycles. The molecule has 2 rings (SSSR count). The first-order valence-corrected chi connectivity index (χ1v) is 7.58. The zero-order chi connectivity index (χ0) is 17.0. The van der Waals surface area contributed by atoms with E-state index in [4.69, 9.17) is 0 Å². The molecule has 0 bridgehead atoms. The molecule has 0 aliphatic rings. The third-order valence-corrected chi connectivity index (χ3v) is 3.82. The monoisotopic (exact) mass is 310 g/mol. The van der Waals surface area contributed by atoms with Gasteiger partial charge in [-0.25, -0.2) is 0 Å². The molecule has 0 aliphatic heterocycles. The zero-order valence-corrected chi connectivity index (χ0v) is 14.0. The SMILES string of the molecule is CC(=O)N(CC(=O)Nc1ccc(C)cc1)c1ccc(C)c(C)c1. The maximum Gasteiger partial charge on any atom is 0.244 e. The number of carbonyl (C=O) groups is 2. The summed E-state index contributed by atoms with van der Waals surface area (Å²) in [4.78, 5) is 25.6. The maximum atomic E-state index is 12.2. The van der Waals surface area contributed by atoms with Crippen molar-refractivity contribution in [1.29, 1.82) is 0 Å². The van der Waals surface area contributed by atoms with E-state index in [1.807, 2.05) is 63.2 Å². The second kappa shape index (κ2) is 7.09. The molecular formula is C19H22N2O2. The van der Waals surface area contributed by atoms with E-state index in [-0.39, 0.29) is 18.4 Å². The Balaban J connectivity index is 2.12. The van der Waals surface area contributed by atoms with Crippen LogP contribution in [0.3, 0.4) is 0 Å². The predicted octanol–water partition coefficient (Wildman–Crippen LogP) is 3.60. The van der Waals surface area contributed by atoms with E-state index in [1.54, 1.807) is 0 Å². The van der Waals surface area contributed by atoms with Crippen molar-refractivity contribution in [2.24, 2.45) is 0 Å². The molecule has 0 atom stereocenters. The number of aryl methyl sites for hydroxylation is 3. The van der Waals surface area contributed by atoms with Crippen molar-refractivity contribution in [3.05, 3.63) is 59.2 Å². The summed E-state index contributed by atoms with van der Waals surface area (Å²) in [5.41, 5.74) is 4.83. The Kier molecular flexibility index (Phi) is 5.16. The van der Waals surface area contributed by atoms with E-state index < -0.39 is 0 Å². The minimum Gasteiger partial charge on any atom is -0.325 e. The van der Waals surface area contributed by atoms with Crippen LogP contribution >= 0.6 is 0 Å². The minimum absolute atomic E-state index is 0.00822. The molecule has 2 aromatic carbocycles. The molecule has 0 fully saturated rings. The van der Waals surface area contributed by atoms with Crippen LogP contribution in [0.5, 0.6) is 0 Å². The second-order valence-corrected chi connectivity index (χ2v) is 5.79. The van der Waals surface area contributed by atoms with Gasteiger partial charge >= 0.3 is 0 Å². The van der Waals surface area contributed by atoms with Gasteiger partial charge in [-0.15, -0.1) is 0 Å². The molecule has 2 amide bonds. The standard InChI is InChI=1S/C19H22N2O2/c1-13-5-8-17(9-6-13)20-19(23)12-21(16(4)22)18-10-7-14(2)15(3)11-18/h5-11H,12H2,1-4H3,(H,20,23). The van der Waals surface area contributed by atoms with Gasteiger partial charge in [0.1, 0.15) is 6.54 Å². The molecule has 0 unspecified atom stereocenters. The Morgan fingerprint density at radius 3 is 2.17 bits per heavy atom. The Labute approximate surface area is 137 Å². The van der Waals surface area contributed by atoms with Crippen molar-refractivity contribution >= 4 is 23.2 Å². The highest BCUT2D eigenvalue weighted by atomic mass is 16.2. The molecular weight excluding hydrogens is 288 g/mol. The highest BCUT2D eigenvalue weighted by molar-refractivity contribution is 6.01. The second-order valence-electron chi connectivity index (χ2n) is 5.79. The van der Waals surface area contributed by atoms with Crippen molar-refractivity contribution < 1.29 is 9.59 Å². The molecule has 0 aromatic heterocycles. The van der Waals surface area contributed by atoms with E-state index >= 15 is 0 Å². The predicted molar refractivity (Wildman–Crippen MR) is 93.8 cm³/mol. The highest BCUT2D eigenvalue weighted by Gasteiger charge is 2.16. The number of benzene rings is 2. The summed E-state index contributed by atoms with van der Waals surface area (Å²) in [6.45, 7) is 7.45. The van der Waals surface area contributed by atoms with E-state index in [0.717, 1.165) is 28.1 Å². The van der Waals surface area contributed by atoms with E-state index in [1.165, 1.54) is 11.8 Å². The molecule has 23 heavy (non-hydrogen) atoms. The Morgan fingerprint density at radius 2 is 1.61 bits per heavy atom. The van der Waals surface area contributed by atoms with Gasteiger partial charge in [0.05, 0.1) is 0 Å². The minimum atomic E-state index is -0.220. The van der Waals surface area contributed by atoms with E-state index in [0.29, 0.717) is 0 Å². The van der Waals surface area contributed by atoms with Crippen LogP contribution in [0.2, 0.25) is 0 Å². The Hall–Kier alpha value is -2.62. The Morgan fingerprint density at radius 1 is 0.957 bits per heavy atom. The van der Waals surface area contributed by atoms with Crippen molar-refractivity contribution in [3.63, 3.8) is 0 Å². The van der Waals surface area contributed by atoms with Gasteiger partial charge in [-0.3, -0.25) is 9.59 Å². The van der Waals surface area contributed by atoms with Crippen LogP contribution in [0.15, 0.2) is 42.5 Å². The first kappa shape index (κ1) is 16.7. The first-order valence-electron chi connectivity index (χ1n) is 7.58. The van der Waals surface area contributed by atoms with Gasteiger partial charge in [0.2, 0.25) is 11.8 Å². The summed E-state index contributed by atoms with van der Waals surface area (Å²) >= 11 is 0. The topological polar surface area (TPSA) is 49.4 Å². The number of nitrogens with zero attached hydrogens (tertiary/aromatic N) is 1. The van der Waals surface area contributed by atoms with Gasteiger partial charge in [0.15, 0.2) is 0 Å². The molecule has 0 spiro atoms. The summed E-state index contributed by atoms with van der Waals surface area (Å²) in [6.07, 6.45) is 0. The van der Waals surface area contributed by atoms with Crippen molar-refractivity contribution in [2.75, 3.05) is 16.8 Å². The van der Waals surface area contributed by atoms with Crippen LogP contribution in [-0.4, -0.2) is 18.4 Å². The Bertz CT molecular complexity index is 721. The summed E-state index contributed by atoms with van der Waals surface area (Å²) in [6, 6.07) is 13.3. The van der Waals surface area contributed by atoms with Gasteiger partial charge in [-0.05, 0) is 56.2 Å². The average Bonchev–Trinajstić information content (AvgIpc) is 2.50. The quantitative estimate of drug-likeness (QED) is 0.938. The summed E-state index contributed by atoms with van der Waals surface area (Å²) in [5.74, 6) is -0.380. The van der Waals surface area contributed by atoms with E-state index in [9.17, 15) is 9.59 Å². The van der Waals surface area contributed by atoms with Crippen molar-refractivity contribution in [2.45, 2.75) is 27.7 Å². The fourth-order valence-corrected chi connectivity index (χ4v) is 2.26. The average molecular weight is 310 g/mol. The first-order chi connectivity index (χ1) is 10.9. The number of anilines is 2. The van der Waals surface area contributed by atoms with Gasteiger partial charge in [0.25, 0.3) is 0 Å².